The number of aromatic hydroxyl groups is 1. The molecule has 0 aliphatic heterocycles. The second-order valence-electron chi connectivity index (χ2n) is 5.84. The van der Waals surface area contributed by atoms with Crippen molar-refractivity contribution in [3.05, 3.63) is 94.0 Å². The highest BCUT2D eigenvalue weighted by atomic mass is 35.5. The van der Waals surface area contributed by atoms with Crippen molar-refractivity contribution in [2.75, 3.05) is 0 Å². The SMILES string of the molecule is Oc1[nH]c2cc(Cl)ccc2c1C(=Nc1ccc(Cl)cc1)c1ccccc1. The summed E-state index contributed by atoms with van der Waals surface area (Å²) in [6.45, 7) is 0. The fourth-order valence-electron chi connectivity index (χ4n) is 2.90. The Morgan fingerprint density at radius 1 is 0.846 bits per heavy atom. The van der Waals surface area contributed by atoms with Crippen LogP contribution in [0, 0.1) is 0 Å². The van der Waals surface area contributed by atoms with E-state index in [9.17, 15) is 5.11 Å². The molecule has 0 saturated heterocycles. The first-order chi connectivity index (χ1) is 12.6. The van der Waals surface area contributed by atoms with E-state index in [4.69, 9.17) is 28.2 Å². The normalized spacial score (nSPS) is 11.8. The van der Waals surface area contributed by atoms with Crippen molar-refractivity contribution in [1.29, 1.82) is 0 Å². The summed E-state index contributed by atoms with van der Waals surface area (Å²) < 4.78 is 0. The molecule has 0 atom stereocenters. The monoisotopic (exact) mass is 380 g/mol. The number of nitrogens with zero attached hydrogens (tertiary/aromatic N) is 1. The fraction of sp³-hybridized carbons (Fsp3) is 0. The number of H-pyrrole nitrogens is 1. The van der Waals surface area contributed by atoms with Gasteiger partial charge in [0.2, 0.25) is 0 Å². The zero-order valence-corrected chi connectivity index (χ0v) is 15.1. The third-order valence-electron chi connectivity index (χ3n) is 4.09. The number of halogens is 2. The van der Waals surface area contributed by atoms with E-state index in [1.807, 2.05) is 48.5 Å². The Morgan fingerprint density at radius 2 is 1.54 bits per heavy atom. The van der Waals surface area contributed by atoms with E-state index >= 15 is 0 Å². The zero-order chi connectivity index (χ0) is 18.1. The highest BCUT2D eigenvalue weighted by molar-refractivity contribution is 6.32. The number of benzene rings is 3. The van der Waals surface area contributed by atoms with Gasteiger partial charge >= 0.3 is 0 Å². The summed E-state index contributed by atoms with van der Waals surface area (Å²) in [5, 5.41) is 12.7. The van der Waals surface area contributed by atoms with Crippen LogP contribution in [0.4, 0.5) is 5.69 Å². The summed E-state index contributed by atoms with van der Waals surface area (Å²) in [4.78, 5) is 7.77. The Labute approximate surface area is 160 Å². The van der Waals surface area contributed by atoms with Gasteiger partial charge in [-0.3, -0.25) is 0 Å². The van der Waals surface area contributed by atoms with E-state index in [1.165, 1.54) is 0 Å². The average molecular weight is 381 g/mol. The number of hydrogen-bond acceptors (Lipinski definition) is 2. The molecule has 5 heteroatoms. The molecule has 4 aromatic rings. The molecule has 3 aromatic carbocycles. The van der Waals surface area contributed by atoms with Crippen molar-refractivity contribution in [2.45, 2.75) is 0 Å². The fourth-order valence-corrected chi connectivity index (χ4v) is 3.20. The summed E-state index contributed by atoms with van der Waals surface area (Å²) in [6.07, 6.45) is 0. The zero-order valence-electron chi connectivity index (χ0n) is 13.6. The van der Waals surface area contributed by atoms with Gasteiger partial charge < -0.3 is 10.1 Å². The quantitative estimate of drug-likeness (QED) is 0.399. The maximum absolute atomic E-state index is 10.6. The minimum atomic E-state index is 0.0545. The average Bonchev–Trinajstić information content (AvgIpc) is 2.97. The molecule has 0 radical (unpaired) electrons. The van der Waals surface area contributed by atoms with Gasteiger partial charge in [-0.15, -0.1) is 0 Å². The molecule has 4 rings (SSSR count). The van der Waals surface area contributed by atoms with E-state index in [0.717, 1.165) is 22.2 Å². The van der Waals surface area contributed by atoms with Crippen LogP contribution in [-0.4, -0.2) is 15.8 Å². The first-order valence-electron chi connectivity index (χ1n) is 8.02. The van der Waals surface area contributed by atoms with Gasteiger partial charge in [0.15, 0.2) is 5.88 Å². The first kappa shape index (κ1) is 16.7. The molecular weight excluding hydrogens is 367 g/mol. The number of nitrogens with one attached hydrogen (secondary N) is 1. The van der Waals surface area contributed by atoms with Crippen LogP contribution < -0.4 is 0 Å². The van der Waals surface area contributed by atoms with Crippen LogP contribution in [0.1, 0.15) is 11.1 Å². The standard InChI is InChI=1S/C21H14Cl2N2O/c22-14-6-9-16(10-7-14)24-20(13-4-2-1-3-5-13)19-17-11-8-15(23)12-18(17)25-21(19)26/h1-12,25-26H. The molecule has 1 heterocycles. The second kappa shape index (κ2) is 6.87. The molecule has 0 unspecified atom stereocenters. The van der Waals surface area contributed by atoms with E-state index in [0.29, 0.717) is 21.3 Å². The Balaban J connectivity index is 1.97. The number of rotatable bonds is 3. The van der Waals surface area contributed by atoms with Gasteiger partial charge in [-0.1, -0.05) is 59.6 Å². The molecule has 3 nitrogen and oxygen atoms in total. The van der Waals surface area contributed by atoms with Crippen molar-refractivity contribution in [2.24, 2.45) is 4.99 Å². The molecule has 0 fully saturated rings. The topological polar surface area (TPSA) is 48.4 Å². The minimum absolute atomic E-state index is 0.0545. The highest BCUT2D eigenvalue weighted by Gasteiger charge is 2.18. The Bertz CT molecular complexity index is 1100. The number of fused-ring (bicyclic) bond motifs is 1. The number of aliphatic imine (C=N–C) groups is 1. The maximum Gasteiger partial charge on any atom is 0.199 e. The van der Waals surface area contributed by atoms with E-state index in [1.54, 1.807) is 24.3 Å². The smallest absolute Gasteiger partial charge is 0.199 e. The molecule has 0 saturated carbocycles. The van der Waals surface area contributed by atoms with Gasteiger partial charge in [-0.2, -0.15) is 0 Å². The maximum atomic E-state index is 10.6. The molecule has 26 heavy (non-hydrogen) atoms. The van der Waals surface area contributed by atoms with Gasteiger partial charge in [0, 0.05) is 21.0 Å². The van der Waals surface area contributed by atoms with Crippen LogP contribution in [0.25, 0.3) is 10.9 Å². The summed E-state index contributed by atoms with van der Waals surface area (Å²) in [6, 6.07) is 22.5. The van der Waals surface area contributed by atoms with Crippen molar-refractivity contribution in [3.8, 4) is 5.88 Å². The van der Waals surface area contributed by atoms with Crippen LogP contribution in [0.5, 0.6) is 5.88 Å². The number of hydrogen-bond donors (Lipinski definition) is 2. The summed E-state index contributed by atoms with van der Waals surface area (Å²) in [7, 11) is 0. The molecular formula is C21H14Cl2N2O. The second-order valence-corrected chi connectivity index (χ2v) is 6.71. The highest BCUT2D eigenvalue weighted by Crippen LogP contribution is 2.33. The van der Waals surface area contributed by atoms with Crippen LogP contribution in [-0.2, 0) is 0 Å². The largest absolute Gasteiger partial charge is 0.494 e. The molecule has 128 valence electrons. The molecule has 0 aliphatic rings. The van der Waals surface area contributed by atoms with Crippen LogP contribution in [0.15, 0.2) is 77.8 Å². The first-order valence-corrected chi connectivity index (χ1v) is 8.77. The molecule has 0 bridgehead atoms. The molecule has 0 spiro atoms. The van der Waals surface area contributed by atoms with Gasteiger partial charge in [0.1, 0.15) is 0 Å². The van der Waals surface area contributed by atoms with Crippen molar-refractivity contribution in [3.63, 3.8) is 0 Å². The minimum Gasteiger partial charge on any atom is -0.494 e. The van der Waals surface area contributed by atoms with E-state index < -0.39 is 0 Å². The Hall–Kier alpha value is -2.75. The lowest BCUT2D eigenvalue weighted by atomic mass is 10.0. The number of aromatic nitrogens is 1. The molecule has 1 aromatic heterocycles. The lowest BCUT2D eigenvalue weighted by Crippen LogP contribution is -2.02. The van der Waals surface area contributed by atoms with Gasteiger partial charge in [0.05, 0.1) is 22.5 Å². The lowest BCUT2D eigenvalue weighted by Gasteiger charge is -2.08. The van der Waals surface area contributed by atoms with Gasteiger partial charge in [-0.05, 0) is 36.4 Å². The van der Waals surface area contributed by atoms with Crippen molar-refractivity contribution in [1.82, 2.24) is 4.98 Å². The third-order valence-corrected chi connectivity index (χ3v) is 4.58. The van der Waals surface area contributed by atoms with E-state index in [2.05, 4.69) is 4.98 Å². The number of aromatic amines is 1. The summed E-state index contributed by atoms with van der Waals surface area (Å²) in [5.41, 5.74) is 3.70. The third kappa shape index (κ3) is 3.19. The summed E-state index contributed by atoms with van der Waals surface area (Å²) in [5.74, 6) is 0.0545. The predicted molar refractivity (Wildman–Crippen MR) is 108 cm³/mol. The van der Waals surface area contributed by atoms with Crippen molar-refractivity contribution < 1.29 is 5.11 Å². The van der Waals surface area contributed by atoms with Crippen LogP contribution in [0.2, 0.25) is 10.0 Å². The Kier molecular flexibility index (Phi) is 4.41. The molecule has 2 N–H and O–H groups in total. The predicted octanol–water partition coefficient (Wildman–Crippen LogP) is 6.35. The lowest BCUT2D eigenvalue weighted by molar-refractivity contribution is 0.457. The molecule has 0 amide bonds. The van der Waals surface area contributed by atoms with Gasteiger partial charge in [0.25, 0.3) is 0 Å². The summed E-state index contributed by atoms with van der Waals surface area (Å²) >= 11 is 12.1. The van der Waals surface area contributed by atoms with E-state index in [-0.39, 0.29) is 5.88 Å². The van der Waals surface area contributed by atoms with Gasteiger partial charge in [-0.25, -0.2) is 4.99 Å². The van der Waals surface area contributed by atoms with Crippen LogP contribution in [0.3, 0.4) is 0 Å². The molecule has 0 aliphatic carbocycles. The van der Waals surface area contributed by atoms with Crippen LogP contribution >= 0.6 is 23.2 Å². The van der Waals surface area contributed by atoms with Crippen molar-refractivity contribution >= 4 is 45.5 Å². The Morgan fingerprint density at radius 3 is 2.27 bits per heavy atom.